The minimum absolute atomic E-state index is 0.172. The SMILES string of the molecule is Cc1ccc(-n2cc(-c3ccc(C(=O)NCc4ccc(Cl)cc4)cn3)cn2)cc1. The van der Waals surface area contributed by atoms with Gasteiger partial charge in [0.1, 0.15) is 0 Å². The van der Waals surface area contributed by atoms with Crippen molar-refractivity contribution in [1.82, 2.24) is 20.1 Å². The molecule has 1 N–H and O–H groups in total. The number of aryl methyl sites for hydroxylation is 1. The van der Waals surface area contributed by atoms with E-state index in [9.17, 15) is 4.79 Å². The first-order chi connectivity index (χ1) is 14.1. The second-order valence-electron chi connectivity index (χ2n) is 6.75. The van der Waals surface area contributed by atoms with Crippen molar-refractivity contribution in [3.05, 3.63) is 101 Å². The van der Waals surface area contributed by atoms with Crippen molar-refractivity contribution in [3.8, 4) is 16.9 Å². The van der Waals surface area contributed by atoms with Gasteiger partial charge in [0.15, 0.2) is 0 Å². The summed E-state index contributed by atoms with van der Waals surface area (Å²) in [5.74, 6) is -0.172. The van der Waals surface area contributed by atoms with Gasteiger partial charge in [-0.25, -0.2) is 4.68 Å². The predicted molar refractivity (Wildman–Crippen MR) is 114 cm³/mol. The van der Waals surface area contributed by atoms with Gasteiger partial charge >= 0.3 is 0 Å². The summed E-state index contributed by atoms with van der Waals surface area (Å²) in [7, 11) is 0. The van der Waals surface area contributed by atoms with Crippen LogP contribution in [0.2, 0.25) is 5.02 Å². The number of carbonyl (C=O) groups is 1. The Bertz CT molecular complexity index is 1120. The Morgan fingerprint density at radius 3 is 2.45 bits per heavy atom. The number of carbonyl (C=O) groups excluding carboxylic acids is 1. The van der Waals surface area contributed by atoms with E-state index in [2.05, 4.69) is 22.3 Å². The lowest BCUT2D eigenvalue weighted by Crippen LogP contribution is -2.22. The third-order valence-electron chi connectivity index (χ3n) is 4.57. The van der Waals surface area contributed by atoms with Gasteiger partial charge in [-0.2, -0.15) is 5.10 Å². The molecule has 0 aliphatic carbocycles. The summed E-state index contributed by atoms with van der Waals surface area (Å²) in [4.78, 5) is 16.8. The standard InChI is InChI=1S/C23H19ClN4O/c1-16-2-9-21(10-3-16)28-15-19(14-27-28)22-11-6-18(13-25-22)23(29)26-12-17-4-7-20(24)8-5-17/h2-11,13-15H,12H2,1H3,(H,26,29). The first-order valence-electron chi connectivity index (χ1n) is 9.19. The lowest BCUT2D eigenvalue weighted by atomic mass is 10.2. The summed E-state index contributed by atoms with van der Waals surface area (Å²) >= 11 is 5.88. The zero-order chi connectivity index (χ0) is 20.2. The molecule has 5 nitrogen and oxygen atoms in total. The Hall–Kier alpha value is -3.44. The summed E-state index contributed by atoms with van der Waals surface area (Å²) in [6.07, 6.45) is 5.27. The average Bonchev–Trinajstić information content (AvgIpc) is 3.24. The van der Waals surface area contributed by atoms with Gasteiger partial charge in [-0.1, -0.05) is 41.4 Å². The van der Waals surface area contributed by atoms with Crippen molar-refractivity contribution < 1.29 is 4.79 Å². The second-order valence-corrected chi connectivity index (χ2v) is 7.19. The highest BCUT2D eigenvalue weighted by atomic mass is 35.5. The van der Waals surface area contributed by atoms with Crippen LogP contribution in [0.4, 0.5) is 0 Å². The van der Waals surface area contributed by atoms with Gasteiger partial charge in [0, 0.05) is 29.5 Å². The van der Waals surface area contributed by atoms with Crippen LogP contribution < -0.4 is 5.32 Å². The van der Waals surface area contributed by atoms with E-state index in [1.807, 2.05) is 53.3 Å². The largest absolute Gasteiger partial charge is 0.348 e. The molecule has 1 amide bonds. The van der Waals surface area contributed by atoms with Gasteiger partial charge in [-0.3, -0.25) is 9.78 Å². The third-order valence-corrected chi connectivity index (χ3v) is 4.82. The van der Waals surface area contributed by atoms with Crippen molar-refractivity contribution in [1.29, 1.82) is 0 Å². The minimum Gasteiger partial charge on any atom is -0.348 e. The molecule has 0 aliphatic heterocycles. The number of hydrogen-bond donors (Lipinski definition) is 1. The zero-order valence-corrected chi connectivity index (χ0v) is 16.6. The van der Waals surface area contributed by atoms with Gasteiger partial charge in [-0.05, 0) is 48.9 Å². The molecule has 0 saturated carbocycles. The van der Waals surface area contributed by atoms with Crippen LogP contribution in [0.15, 0.2) is 79.3 Å². The molecule has 0 radical (unpaired) electrons. The molecule has 2 heterocycles. The van der Waals surface area contributed by atoms with Crippen LogP contribution in [-0.4, -0.2) is 20.7 Å². The molecule has 6 heteroatoms. The molecule has 29 heavy (non-hydrogen) atoms. The van der Waals surface area contributed by atoms with Gasteiger partial charge in [0.2, 0.25) is 0 Å². The average molecular weight is 403 g/mol. The molecule has 4 aromatic rings. The van der Waals surface area contributed by atoms with Gasteiger partial charge in [0.25, 0.3) is 5.91 Å². The number of nitrogens with zero attached hydrogens (tertiary/aromatic N) is 3. The number of benzene rings is 2. The molecule has 0 fully saturated rings. The van der Waals surface area contributed by atoms with Crippen LogP contribution in [0.1, 0.15) is 21.5 Å². The number of hydrogen-bond acceptors (Lipinski definition) is 3. The highest BCUT2D eigenvalue weighted by molar-refractivity contribution is 6.30. The summed E-state index contributed by atoms with van der Waals surface area (Å²) in [6, 6.07) is 19.1. The maximum atomic E-state index is 12.4. The maximum Gasteiger partial charge on any atom is 0.253 e. The van der Waals surface area contributed by atoms with E-state index in [-0.39, 0.29) is 5.91 Å². The smallest absolute Gasteiger partial charge is 0.253 e. The van der Waals surface area contributed by atoms with E-state index in [4.69, 9.17) is 11.6 Å². The predicted octanol–water partition coefficient (Wildman–Crippen LogP) is 4.83. The van der Waals surface area contributed by atoms with Crippen molar-refractivity contribution in [3.63, 3.8) is 0 Å². The quantitative estimate of drug-likeness (QED) is 0.520. The molecule has 0 spiro atoms. The Balaban J connectivity index is 1.43. The van der Waals surface area contributed by atoms with Gasteiger partial charge < -0.3 is 5.32 Å². The van der Waals surface area contributed by atoms with Crippen LogP contribution in [0, 0.1) is 6.92 Å². The van der Waals surface area contributed by atoms with E-state index in [0.717, 1.165) is 22.5 Å². The fourth-order valence-corrected chi connectivity index (χ4v) is 3.01. The summed E-state index contributed by atoms with van der Waals surface area (Å²) < 4.78 is 1.81. The molecular weight excluding hydrogens is 384 g/mol. The summed E-state index contributed by atoms with van der Waals surface area (Å²) in [5, 5.41) is 7.96. The van der Waals surface area contributed by atoms with Crippen LogP contribution in [0.3, 0.4) is 0 Å². The second kappa shape index (κ2) is 8.29. The van der Waals surface area contributed by atoms with Crippen molar-refractivity contribution >= 4 is 17.5 Å². The maximum absolute atomic E-state index is 12.4. The highest BCUT2D eigenvalue weighted by Crippen LogP contribution is 2.19. The van der Waals surface area contributed by atoms with Crippen LogP contribution in [-0.2, 0) is 6.54 Å². The molecule has 0 saturated heterocycles. The molecule has 0 aliphatic rings. The van der Waals surface area contributed by atoms with Crippen LogP contribution in [0.25, 0.3) is 16.9 Å². The number of pyridine rings is 1. The van der Waals surface area contributed by atoms with E-state index >= 15 is 0 Å². The molecule has 0 atom stereocenters. The Morgan fingerprint density at radius 1 is 1.00 bits per heavy atom. The van der Waals surface area contributed by atoms with Crippen molar-refractivity contribution in [2.45, 2.75) is 13.5 Å². The van der Waals surface area contributed by atoms with E-state index in [0.29, 0.717) is 17.1 Å². The van der Waals surface area contributed by atoms with E-state index < -0.39 is 0 Å². The molecule has 0 bridgehead atoms. The number of aromatic nitrogens is 3. The van der Waals surface area contributed by atoms with E-state index in [1.54, 1.807) is 30.6 Å². The Morgan fingerprint density at radius 2 is 1.76 bits per heavy atom. The normalized spacial score (nSPS) is 10.7. The van der Waals surface area contributed by atoms with Crippen LogP contribution in [0.5, 0.6) is 0 Å². The Kier molecular flexibility index (Phi) is 5.40. The lowest BCUT2D eigenvalue weighted by Gasteiger charge is -2.06. The molecule has 4 rings (SSSR count). The zero-order valence-electron chi connectivity index (χ0n) is 15.8. The molecule has 144 valence electrons. The van der Waals surface area contributed by atoms with Gasteiger partial charge in [0.05, 0.1) is 23.1 Å². The number of halogens is 1. The highest BCUT2D eigenvalue weighted by Gasteiger charge is 2.09. The number of amides is 1. The third kappa shape index (κ3) is 4.52. The monoisotopic (exact) mass is 402 g/mol. The molecule has 2 aromatic carbocycles. The van der Waals surface area contributed by atoms with Crippen molar-refractivity contribution in [2.75, 3.05) is 0 Å². The fourth-order valence-electron chi connectivity index (χ4n) is 2.88. The van der Waals surface area contributed by atoms with Crippen molar-refractivity contribution in [2.24, 2.45) is 0 Å². The topological polar surface area (TPSA) is 59.8 Å². The minimum atomic E-state index is -0.172. The molecule has 2 aromatic heterocycles. The lowest BCUT2D eigenvalue weighted by molar-refractivity contribution is 0.0950. The summed E-state index contributed by atoms with van der Waals surface area (Å²) in [5.41, 5.74) is 5.33. The molecule has 0 unspecified atom stereocenters. The first-order valence-corrected chi connectivity index (χ1v) is 9.57. The first kappa shape index (κ1) is 18.9. The molecular formula is C23H19ClN4O. The Labute approximate surface area is 174 Å². The van der Waals surface area contributed by atoms with E-state index in [1.165, 1.54) is 5.56 Å². The van der Waals surface area contributed by atoms with Crippen LogP contribution >= 0.6 is 11.6 Å². The fraction of sp³-hybridized carbons (Fsp3) is 0.0870. The van der Waals surface area contributed by atoms with Gasteiger partial charge in [-0.15, -0.1) is 0 Å². The summed E-state index contributed by atoms with van der Waals surface area (Å²) in [6.45, 7) is 2.48. The number of rotatable bonds is 5. The number of nitrogens with one attached hydrogen (secondary N) is 1.